The number of carbonyl (C=O) groups is 2. The molecule has 0 bridgehead atoms. The van der Waals surface area contributed by atoms with E-state index in [0.29, 0.717) is 19.3 Å². The van der Waals surface area contributed by atoms with Crippen molar-refractivity contribution < 1.29 is 23.8 Å². The Kier molecular flexibility index (Phi) is 5.58. The number of ether oxygens (including phenoxy) is 1. The van der Waals surface area contributed by atoms with Crippen molar-refractivity contribution in [1.29, 1.82) is 0 Å². The maximum Gasteiger partial charge on any atom is 0.306 e. The Bertz CT molecular complexity index is 638. The number of rotatable bonds is 5. The Morgan fingerprint density at radius 1 is 1.39 bits per heavy atom. The average molecular weight is 319 g/mol. The molecule has 122 valence electrons. The number of terminal acetylenes is 1. The molecule has 1 amide bonds. The molecule has 1 fully saturated rings. The first kappa shape index (κ1) is 16.8. The fraction of sp³-hybridized carbons (Fsp3) is 0.412. The molecule has 1 saturated carbocycles. The van der Waals surface area contributed by atoms with Crippen LogP contribution in [0, 0.1) is 30.0 Å². The summed E-state index contributed by atoms with van der Waals surface area (Å²) in [7, 11) is 0. The van der Waals surface area contributed by atoms with E-state index in [1.807, 2.05) is 0 Å². The number of carbonyl (C=O) groups excluding carboxylic acids is 1. The van der Waals surface area contributed by atoms with Crippen molar-refractivity contribution in [3.8, 4) is 18.1 Å². The van der Waals surface area contributed by atoms with Gasteiger partial charge in [-0.3, -0.25) is 9.59 Å². The minimum atomic E-state index is -0.883. The third-order valence-corrected chi connectivity index (χ3v) is 3.90. The van der Waals surface area contributed by atoms with E-state index in [2.05, 4.69) is 11.2 Å². The number of hydrogen-bond acceptors (Lipinski definition) is 3. The molecule has 23 heavy (non-hydrogen) atoms. The Labute approximate surface area is 133 Å². The molecule has 1 aliphatic carbocycles. The number of aliphatic carboxylic acids is 1. The lowest BCUT2D eigenvalue weighted by Gasteiger charge is -2.26. The third-order valence-electron chi connectivity index (χ3n) is 3.90. The van der Waals surface area contributed by atoms with E-state index in [-0.39, 0.29) is 30.4 Å². The fourth-order valence-electron chi connectivity index (χ4n) is 2.73. The SMILES string of the molecule is C#CCOc1ccc(F)cc1NC(=O)C1CCCC(C(=O)O)C1. The zero-order valence-corrected chi connectivity index (χ0v) is 12.5. The maximum atomic E-state index is 13.4. The largest absolute Gasteiger partial charge is 0.481 e. The molecule has 2 rings (SSSR count). The highest BCUT2D eigenvalue weighted by atomic mass is 19.1. The lowest BCUT2D eigenvalue weighted by atomic mass is 9.81. The summed E-state index contributed by atoms with van der Waals surface area (Å²) in [5.41, 5.74) is 0.197. The Hall–Kier alpha value is -2.55. The molecule has 2 unspecified atom stereocenters. The monoisotopic (exact) mass is 319 g/mol. The molecular weight excluding hydrogens is 301 g/mol. The van der Waals surface area contributed by atoms with Crippen molar-refractivity contribution in [3.05, 3.63) is 24.0 Å². The smallest absolute Gasteiger partial charge is 0.306 e. The summed E-state index contributed by atoms with van der Waals surface area (Å²) >= 11 is 0. The molecule has 0 radical (unpaired) electrons. The molecule has 0 heterocycles. The summed E-state index contributed by atoms with van der Waals surface area (Å²) < 4.78 is 18.7. The van der Waals surface area contributed by atoms with Crippen LogP contribution < -0.4 is 10.1 Å². The number of benzene rings is 1. The van der Waals surface area contributed by atoms with Crippen LogP contribution in [0.2, 0.25) is 0 Å². The topological polar surface area (TPSA) is 75.6 Å². The Balaban J connectivity index is 2.08. The van der Waals surface area contributed by atoms with Gasteiger partial charge in [0.15, 0.2) is 0 Å². The Morgan fingerprint density at radius 2 is 2.13 bits per heavy atom. The van der Waals surface area contributed by atoms with Crippen molar-refractivity contribution in [2.45, 2.75) is 25.7 Å². The predicted molar refractivity (Wildman–Crippen MR) is 82.4 cm³/mol. The van der Waals surface area contributed by atoms with Crippen LogP contribution in [0.15, 0.2) is 18.2 Å². The molecule has 1 aromatic rings. The maximum absolute atomic E-state index is 13.4. The molecule has 0 aromatic heterocycles. The first-order chi connectivity index (χ1) is 11.0. The van der Waals surface area contributed by atoms with E-state index >= 15 is 0 Å². The van der Waals surface area contributed by atoms with Gasteiger partial charge in [-0.1, -0.05) is 12.3 Å². The van der Waals surface area contributed by atoms with Gasteiger partial charge < -0.3 is 15.2 Å². The fourth-order valence-corrected chi connectivity index (χ4v) is 2.73. The first-order valence-electron chi connectivity index (χ1n) is 7.40. The van der Waals surface area contributed by atoms with Gasteiger partial charge in [-0.2, -0.15) is 0 Å². The van der Waals surface area contributed by atoms with Crippen LogP contribution in [0.5, 0.6) is 5.75 Å². The van der Waals surface area contributed by atoms with Gasteiger partial charge in [-0.15, -0.1) is 6.42 Å². The number of anilines is 1. The number of halogens is 1. The van der Waals surface area contributed by atoms with Gasteiger partial charge in [0.2, 0.25) is 5.91 Å². The molecule has 2 atom stereocenters. The van der Waals surface area contributed by atoms with E-state index in [1.165, 1.54) is 12.1 Å². The minimum Gasteiger partial charge on any atom is -0.481 e. The summed E-state index contributed by atoms with van der Waals surface area (Å²) in [6.07, 6.45) is 7.29. The highest BCUT2D eigenvalue weighted by molar-refractivity contribution is 5.94. The van der Waals surface area contributed by atoms with Gasteiger partial charge in [0.25, 0.3) is 0 Å². The van der Waals surface area contributed by atoms with E-state index in [1.54, 1.807) is 0 Å². The normalized spacial score (nSPS) is 20.3. The summed E-state index contributed by atoms with van der Waals surface area (Å²) in [6, 6.07) is 3.76. The minimum absolute atomic E-state index is 0.000973. The van der Waals surface area contributed by atoms with Crippen LogP contribution in [0.1, 0.15) is 25.7 Å². The predicted octanol–water partition coefficient (Wildman–Crippen LogP) is 2.67. The number of carboxylic acids is 1. The van der Waals surface area contributed by atoms with Gasteiger partial charge in [-0.05, 0) is 31.4 Å². The summed E-state index contributed by atoms with van der Waals surface area (Å²) in [4.78, 5) is 23.4. The number of nitrogens with one attached hydrogen (secondary N) is 1. The first-order valence-corrected chi connectivity index (χ1v) is 7.40. The van der Waals surface area contributed by atoms with E-state index in [4.69, 9.17) is 16.3 Å². The second-order valence-corrected chi connectivity index (χ2v) is 5.52. The highest BCUT2D eigenvalue weighted by Gasteiger charge is 2.31. The molecular formula is C17H18FNO4. The van der Waals surface area contributed by atoms with Gasteiger partial charge in [0, 0.05) is 12.0 Å². The number of hydrogen-bond donors (Lipinski definition) is 2. The van der Waals surface area contributed by atoms with Crippen molar-refractivity contribution in [3.63, 3.8) is 0 Å². The van der Waals surface area contributed by atoms with Crippen molar-refractivity contribution in [2.24, 2.45) is 11.8 Å². The van der Waals surface area contributed by atoms with Gasteiger partial charge in [0.05, 0.1) is 11.6 Å². The van der Waals surface area contributed by atoms with Gasteiger partial charge in [-0.25, -0.2) is 4.39 Å². The molecule has 0 saturated heterocycles. The van der Waals surface area contributed by atoms with Crippen LogP contribution in [0.4, 0.5) is 10.1 Å². The van der Waals surface area contributed by atoms with E-state index in [0.717, 1.165) is 6.07 Å². The summed E-state index contributed by atoms with van der Waals surface area (Å²) in [5, 5.41) is 11.7. The third kappa shape index (κ3) is 4.46. The number of carboxylic acid groups (broad SMARTS) is 1. The summed E-state index contributed by atoms with van der Waals surface area (Å²) in [5.74, 6) is -0.0622. The van der Waals surface area contributed by atoms with Crippen LogP contribution in [0.25, 0.3) is 0 Å². The standard InChI is InChI=1S/C17H18FNO4/c1-2-8-23-15-7-6-13(18)10-14(15)19-16(20)11-4-3-5-12(9-11)17(21)22/h1,6-7,10-12H,3-5,8-9H2,(H,19,20)(H,21,22). The lowest BCUT2D eigenvalue weighted by Crippen LogP contribution is -2.31. The molecule has 0 aliphatic heterocycles. The lowest BCUT2D eigenvalue weighted by molar-refractivity contribution is -0.143. The molecule has 6 heteroatoms. The van der Waals surface area contributed by atoms with E-state index in [9.17, 15) is 14.0 Å². The zero-order chi connectivity index (χ0) is 16.8. The molecule has 1 aliphatic rings. The quantitative estimate of drug-likeness (QED) is 0.818. The van der Waals surface area contributed by atoms with Gasteiger partial charge >= 0.3 is 5.97 Å². The average Bonchev–Trinajstić information content (AvgIpc) is 2.54. The van der Waals surface area contributed by atoms with Gasteiger partial charge in [0.1, 0.15) is 18.2 Å². The zero-order valence-electron chi connectivity index (χ0n) is 12.5. The van der Waals surface area contributed by atoms with Crippen LogP contribution in [-0.2, 0) is 9.59 Å². The van der Waals surface area contributed by atoms with E-state index < -0.39 is 23.6 Å². The van der Waals surface area contributed by atoms with Crippen LogP contribution >= 0.6 is 0 Å². The highest BCUT2D eigenvalue weighted by Crippen LogP contribution is 2.32. The number of amides is 1. The van der Waals surface area contributed by atoms with Crippen molar-refractivity contribution in [1.82, 2.24) is 0 Å². The van der Waals surface area contributed by atoms with Crippen LogP contribution in [0.3, 0.4) is 0 Å². The molecule has 1 aromatic carbocycles. The second-order valence-electron chi connectivity index (χ2n) is 5.52. The molecule has 2 N–H and O–H groups in total. The van der Waals surface area contributed by atoms with Crippen LogP contribution in [-0.4, -0.2) is 23.6 Å². The van der Waals surface area contributed by atoms with Crippen molar-refractivity contribution in [2.75, 3.05) is 11.9 Å². The Morgan fingerprint density at radius 3 is 2.83 bits per heavy atom. The van der Waals surface area contributed by atoms with Crippen molar-refractivity contribution >= 4 is 17.6 Å². The second kappa shape index (κ2) is 7.63. The summed E-state index contributed by atoms with van der Waals surface area (Å²) in [6.45, 7) is -0.000973. The molecule has 5 nitrogen and oxygen atoms in total. The molecule has 0 spiro atoms.